The molecular formula is C19H22N4O2. The molecule has 130 valence electrons. The number of aromatic nitrogens is 2. The van der Waals surface area contributed by atoms with E-state index in [1.54, 1.807) is 29.3 Å². The van der Waals surface area contributed by atoms with Gasteiger partial charge in [-0.3, -0.25) is 13.9 Å². The molecule has 0 aliphatic carbocycles. The van der Waals surface area contributed by atoms with Crippen molar-refractivity contribution in [3.63, 3.8) is 0 Å². The van der Waals surface area contributed by atoms with E-state index in [-0.39, 0.29) is 11.6 Å². The highest BCUT2D eigenvalue weighted by atomic mass is 16.2. The van der Waals surface area contributed by atoms with Crippen LogP contribution in [-0.4, -0.2) is 29.1 Å². The number of hydrogen-bond donors (Lipinski definition) is 1. The minimum Gasteiger partial charge on any atom is -0.376 e. The second-order valence-corrected chi connectivity index (χ2v) is 6.48. The van der Waals surface area contributed by atoms with Crippen molar-refractivity contribution in [3.8, 4) is 0 Å². The molecule has 0 atom stereocenters. The maximum atomic E-state index is 12.6. The van der Waals surface area contributed by atoms with Gasteiger partial charge >= 0.3 is 5.69 Å². The van der Waals surface area contributed by atoms with Crippen LogP contribution < -0.4 is 15.9 Å². The molecule has 0 saturated carbocycles. The smallest absolute Gasteiger partial charge is 0.328 e. The summed E-state index contributed by atoms with van der Waals surface area (Å²) in [6.45, 7) is 1.95. The van der Waals surface area contributed by atoms with E-state index in [1.807, 2.05) is 56.3 Å². The van der Waals surface area contributed by atoms with Crippen LogP contribution >= 0.6 is 0 Å². The number of nitrogens with one attached hydrogen (secondary N) is 1. The number of hydrogen-bond acceptors (Lipinski definition) is 3. The van der Waals surface area contributed by atoms with Crippen molar-refractivity contribution in [2.75, 3.05) is 24.3 Å². The Balaban J connectivity index is 2.11. The molecule has 0 radical (unpaired) electrons. The highest BCUT2D eigenvalue weighted by Gasteiger charge is 2.16. The van der Waals surface area contributed by atoms with Gasteiger partial charge in [-0.05, 0) is 31.2 Å². The monoisotopic (exact) mass is 338 g/mol. The lowest BCUT2D eigenvalue weighted by atomic mass is 10.1. The van der Waals surface area contributed by atoms with E-state index in [4.69, 9.17) is 0 Å². The number of imidazole rings is 1. The lowest BCUT2D eigenvalue weighted by molar-refractivity contribution is 0.102. The van der Waals surface area contributed by atoms with Gasteiger partial charge in [-0.1, -0.05) is 17.7 Å². The summed E-state index contributed by atoms with van der Waals surface area (Å²) in [4.78, 5) is 26.7. The van der Waals surface area contributed by atoms with Gasteiger partial charge in [0.15, 0.2) is 0 Å². The molecule has 2 aromatic carbocycles. The van der Waals surface area contributed by atoms with Gasteiger partial charge in [0.05, 0.1) is 22.4 Å². The first-order chi connectivity index (χ1) is 11.8. The summed E-state index contributed by atoms with van der Waals surface area (Å²) < 4.78 is 3.19. The fourth-order valence-corrected chi connectivity index (χ4v) is 2.99. The summed E-state index contributed by atoms with van der Waals surface area (Å²) in [5.41, 5.74) is 4.65. The Morgan fingerprint density at radius 3 is 2.28 bits per heavy atom. The van der Waals surface area contributed by atoms with Crippen LogP contribution in [0.2, 0.25) is 0 Å². The summed E-state index contributed by atoms with van der Waals surface area (Å²) in [6.07, 6.45) is 0. The normalized spacial score (nSPS) is 10.9. The zero-order valence-corrected chi connectivity index (χ0v) is 15.1. The minimum absolute atomic E-state index is 0.0955. The minimum atomic E-state index is -0.174. The van der Waals surface area contributed by atoms with Gasteiger partial charge in [0, 0.05) is 33.8 Å². The van der Waals surface area contributed by atoms with Crippen LogP contribution in [0.3, 0.4) is 0 Å². The average Bonchev–Trinajstić information content (AvgIpc) is 2.78. The Hall–Kier alpha value is -3.02. The molecule has 0 aliphatic heterocycles. The Kier molecular flexibility index (Phi) is 4.12. The number of benzene rings is 2. The van der Waals surface area contributed by atoms with Crippen LogP contribution in [0.5, 0.6) is 0 Å². The van der Waals surface area contributed by atoms with E-state index in [1.165, 1.54) is 0 Å². The Morgan fingerprint density at radius 2 is 1.68 bits per heavy atom. The van der Waals surface area contributed by atoms with E-state index in [2.05, 4.69) is 5.32 Å². The molecule has 0 unspecified atom stereocenters. The first-order valence-electron chi connectivity index (χ1n) is 8.04. The Labute approximate surface area is 146 Å². The van der Waals surface area contributed by atoms with Crippen molar-refractivity contribution >= 4 is 28.3 Å². The van der Waals surface area contributed by atoms with E-state index in [9.17, 15) is 9.59 Å². The number of aryl methyl sites for hydroxylation is 3. The van der Waals surface area contributed by atoms with Gasteiger partial charge < -0.3 is 10.2 Å². The third-order valence-electron chi connectivity index (χ3n) is 4.40. The number of rotatable bonds is 3. The van der Waals surface area contributed by atoms with Crippen molar-refractivity contribution in [2.24, 2.45) is 14.1 Å². The highest BCUT2D eigenvalue weighted by molar-refractivity contribution is 6.07. The van der Waals surface area contributed by atoms with Gasteiger partial charge in [-0.15, -0.1) is 0 Å². The summed E-state index contributed by atoms with van der Waals surface area (Å²) in [5.74, 6) is -0.174. The zero-order valence-electron chi connectivity index (χ0n) is 15.1. The standard InChI is InChI=1S/C19H22N4O2/c1-12-7-6-8-13(9-12)18(24)20-14-10-16-17(11-15(14)21(2)3)23(5)19(25)22(16)4/h6-11H,1-5H3,(H,20,24). The number of amides is 1. The van der Waals surface area contributed by atoms with Gasteiger partial charge in [0.25, 0.3) is 5.91 Å². The van der Waals surface area contributed by atoms with Gasteiger partial charge in [0.2, 0.25) is 0 Å². The van der Waals surface area contributed by atoms with Crippen molar-refractivity contribution in [1.29, 1.82) is 0 Å². The largest absolute Gasteiger partial charge is 0.376 e. The molecule has 0 spiro atoms. The van der Waals surface area contributed by atoms with Gasteiger partial charge in [0.1, 0.15) is 0 Å². The predicted molar refractivity (Wildman–Crippen MR) is 102 cm³/mol. The molecule has 1 aromatic heterocycles. The second kappa shape index (κ2) is 6.12. The summed E-state index contributed by atoms with van der Waals surface area (Å²) >= 11 is 0. The predicted octanol–water partition coefficient (Wildman–Crippen LogP) is 2.50. The van der Waals surface area contributed by atoms with Crippen molar-refractivity contribution in [1.82, 2.24) is 9.13 Å². The molecule has 3 rings (SSSR count). The molecule has 1 amide bonds. The van der Waals surface area contributed by atoms with E-state index in [0.717, 1.165) is 22.3 Å². The average molecular weight is 338 g/mol. The maximum absolute atomic E-state index is 12.6. The van der Waals surface area contributed by atoms with E-state index >= 15 is 0 Å². The van der Waals surface area contributed by atoms with Gasteiger partial charge in [-0.2, -0.15) is 0 Å². The van der Waals surface area contributed by atoms with E-state index < -0.39 is 0 Å². The fraction of sp³-hybridized carbons (Fsp3) is 0.263. The lowest BCUT2D eigenvalue weighted by Crippen LogP contribution is -2.19. The van der Waals surface area contributed by atoms with Gasteiger partial charge in [-0.25, -0.2) is 4.79 Å². The number of anilines is 2. The van der Waals surface area contributed by atoms with Crippen LogP contribution in [0, 0.1) is 6.92 Å². The molecule has 3 aromatic rings. The first-order valence-corrected chi connectivity index (χ1v) is 8.04. The molecule has 6 nitrogen and oxygen atoms in total. The summed E-state index contributed by atoms with van der Waals surface area (Å²) in [5, 5.41) is 2.98. The summed E-state index contributed by atoms with van der Waals surface area (Å²) in [7, 11) is 7.29. The van der Waals surface area contributed by atoms with Crippen LogP contribution in [0.4, 0.5) is 11.4 Å². The Morgan fingerprint density at radius 1 is 1.04 bits per heavy atom. The SMILES string of the molecule is Cc1cccc(C(=O)Nc2cc3c(cc2N(C)C)n(C)c(=O)n3C)c1. The van der Waals surface area contributed by atoms with Crippen molar-refractivity contribution in [2.45, 2.75) is 6.92 Å². The first kappa shape index (κ1) is 16.8. The zero-order chi connectivity index (χ0) is 18.3. The topological polar surface area (TPSA) is 59.3 Å². The molecule has 0 saturated heterocycles. The number of carbonyl (C=O) groups excluding carboxylic acids is 1. The van der Waals surface area contributed by atoms with E-state index in [0.29, 0.717) is 11.3 Å². The Bertz CT molecular complexity index is 1030. The third-order valence-corrected chi connectivity index (χ3v) is 4.40. The molecule has 25 heavy (non-hydrogen) atoms. The van der Waals surface area contributed by atoms with Crippen LogP contribution in [0.15, 0.2) is 41.2 Å². The van der Waals surface area contributed by atoms with Crippen molar-refractivity contribution < 1.29 is 4.79 Å². The third kappa shape index (κ3) is 2.91. The fourth-order valence-electron chi connectivity index (χ4n) is 2.99. The molecule has 0 bridgehead atoms. The molecule has 0 aliphatic rings. The summed E-state index contributed by atoms with van der Waals surface area (Å²) in [6, 6.07) is 11.2. The maximum Gasteiger partial charge on any atom is 0.328 e. The second-order valence-electron chi connectivity index (χ2n) is 6.48. The number of carbonyl (C=O) groups is 1. The quantitative estimate of drug-likeness (QED) is 0.798. The molecule has 1 heterocycles. The molecular weight excluding hydrogens is 316 g/mol. The number of nitrogens with zero attached hydrogens (tertiary/aromatic N) is 3. The van der Waals surface area contributed by atoms with Crippen molar-refractivity contribution in [3.05, 3.63) is 58.0 Å². The van der Waals surface area contributed by atoms with Crippen LogP contribution in [-0.2, 0) is 14.1 Å². The molecule has 1 N–H and O–H groups in total. The molecule has 0 fully saturated rings. The number of fused-ring (bicyclic) bond motifs is 1. The highest BCUT2D eigenvalue weighted by Crippen LogP contribution is 2.30. The van der Waals surface area contributed by atoms with Crippen LogP contribution in [0.1, 0.15) is 15.9 Å². The van der Waals surface area contributed by atoms with Crippen LogP contribution in [0.25, 0.3) is 11.0 Å². The molecule has 6 heteroatoms. The lowest BCUT2D eigenvalue weighted by Gasteiger charge is -2.19.